The van der Waals surface area contributed by atoms with Crippen LogP contribution in [0, 0.1) is 0 Å². The summed E-state index contributed by atoms with van der Waals surface area (Å²) in [5.74, 6) is 0.356. The van der Waals surface area contributed by atoms with E-state index in [2.05, 4.69) is 165 Å². The average molecular weight is 1130 g/mol. The number of hydrogen-bond donors (Lipinski definition) is 0. The van der Waals surface area contributed by atoms with Crippen molar-refractivity contribution >= 4 is 304 Å². The van der Waals surface area contributed by atoms with Crippen molar-refractivity contribution in [2.75, 3.05) is 0 Å². The Morgan fingerprint density at radius 2 is 0.533 bits per heavy atom. The number of fused-ring (bicyclic) bond motifs is 8. The molecule has 90 heavy (non-hydrogen) atoms. The van der Waals surface area contributed by atoms with E-state index in [0.717, 1.165) is 0 Å². The van der Waals surface area contributed by atoms with Crippen molar-refractivity contribution in [2.24, 2.45) is 0 Å². The quantitative estimate of drug-likeness (QED) is 0.122. The molecule has 2 atom stereocenters. The van der Waals surface area contributed by atoms with Crippen LogP contribution in [0.15, 0.2) is 152 Å². The topological polar surface area (TPSA) is 0 Å². The van der Waals surface area contributed by atoms with E-state index in [9.17, 15) is 0 Å². The highest BCUT2D eigenvalue weighted by atomic mass is 28.3. The van der Waals surface area contributed by atoms with Gasteiger partial charge in [0.05, 0.1) is 8.07 Å². The van der Waals surface area contributed by atoms with E-state index in [-0.39, 0.29) is 5.41 Å². The fourth-order valence-electron chi connectivity index (χ4n) is 26.0. The van der Waals surface area contributed by atoms with Gasteiger partial charge in [-0.2, -0.15) is 0 Å². The first-order chi connectivity index (χ1) is 44.5. The predicted octanol–water partition coefficient (Wildman–Crippen LogP) is 22.4. The highest BCUT2D eigenvalue weighted by Crippen LogP contribution is 2.74. The summed E-state index contributed by atoms with van der Waals surface area (Å²) in [5, 5.41) is 84.3. The van der Waals surface area contributed by atoms with Crippen molar-refractivity contribution in [1.29, 1.82) is 0 Å². The van der Waals surface area contributed by atoms with Crippen molar-refractivity contribution in [3.63, 3.8) is 0 Å². The van der Waals surface area contributed by atoms with E-state index in [4.69, 9.17) is 0 Å². The molecule has 0 saturated carbocycles. The summed E-state index contributed by atoms with van der Waals surface area (Å²) < 4.78 is 0. The molecule has 29 aromatic rings. The Morgan fingerprint density at radius 3 is 0.889 bits per heavy atom. The molecule has 0 radical (unpaired) electrons. The Hall–Kier alpha value is -10.7. The Kier molecular flexibility index (Phi) is 4.83. The second-order valence-corrected chi connectivity index (χ2v) is 35.5. The smallest absolute Gasteiger partial charge is 0.0654 e. The van der Waals surface area contributed by atoms with Crippen LogP contribution in [0.4, 0.5) is 0 Å². The number of hydrogen-bond acceptors (Lipinski definition) is 0. The van der Waals surface area contributed by atoms with Crippen LogP contribution in [0.1, 0.15) is 17.0 Å². The molecule has 0 spiro atoms. The highest BCUT2D eigenvalue weighted by molar-refractivity contribution is 6.90. The largest absolute Gasteiger partial charge is 0.0818 e. The van der Waals surface area contributed by atoms with Gasteiger partial charge in [0, 0.05) is 11.3 Å². The predicted molar refractivity (Wildman–Crippen MR) is 391 cm³/mol. The highest BCUT2D eigenvalue weighted by Gasteiger charge is 2.60. The second-order valence-electron chi connectivity index (χ2n) is 30.8. The SMILES string of the molecule is C[Si](C)(CC12C3=c4ccc5c6ccc7c8ccc9c%10ccc%11c%12c(c%13c%14c1c4c5c1c6c7c4c8c9c(c%12%10)c%13c4c%141)C2C=%11C=C3)c1ccccc1.c1cc2c3ccc4c5ccc6c7ccc8c9ccc%10c1c1c2c2c3c4c3c5c6c4c7c8c5c9c%10c1c1c2c3c4c51. The molecule has 0 fully saturated rings. The molecule has 0 aliphatic heterocycles. The Balaban J connectivity index is 0.000000101. The Labute approximate surface area is 504 Å². The summed E-state index contributed by atoms with van der Waals surface area (Å²) in [6.07, 6.45) is 5.19. The normalized spacial score (nSPS) is 18.7. The molecule has 0 heterocycles. The van der Waals surface area contributed by atoms with E-state index in [1.165, 1.54) is 157 Å². The maximum absolute atomic E-state index is 2.66. The van der Waals surface area contributed by atoms with Gasteiger partial charge in [0.2, 0.25) is 0 Å². The molecule has 0 nitrogen and oxygen atoms in total. The van der Waals surface area contributed by atoms with Crippen molar-refractivity contribution in [1.82, 2.24) is 0 Å². The molecule has 29 aromatic carbocycles. The minimum atomic E-state index is -1.96. The fraction of sp³-hybridized carbons (Fsp3) is 0.0562. The van der Waals surface area contributed by atoms with E-state index >= 15 is 0 Å². The molecule has 0 saturated heterocycles. The molecule has 394 valence electrons. The summed E-state index contributed by atoms with van der Waals surface area (Å²) in [5.41, 5.74) is 6.52. The van der Waals surface area contributed by atoms with Gasteiger partial charge in [0.1, 0.15) is 0 Å². The fourth-order valence-corrected chi connectivity index (χ4v) is 29.3. The van der Waals surface area contributed by atoms with Gasteiger partial charge in [-0.15, -0.1) is 0 Å². The number of rotatable bonds is 3. The summed E-state index contributed by atoms with van der Waals surface area (Å²) >= 11 is 0. The van der Waals surface area contributed by atoms with Gasteiger partial charge in [-0.3, -0.25) is 0 Å². The minimum absolute atomic E-state index is 0.0726. The van der Waals surface area contributed by atoms with Gasteiger partial charge in [-0.1, -0.05) is 170 Å². The van der Waals surface area contributed by atoms with Gasteiger partial charge in [-0.05, 0) is 319 Å². The third kappa shape index (κ3) is 3.03. The van der Waals surface area contributed by atoms with Gasteiger partial charge < -0.3 is 0 Å². The van der Waals surface area contributed by atoms with Gasteiger partial charge in [-0.25, -0.2) is 0 Å². The molecule has 4 aliphatic rings. The van der Waals surface area contributed by atoms with Gasteiger partial charge in [0.25, 0.3) is 0 Å². The van der Waals surface area contributed by atoms with E-state index in [1.807, 2.05) is 0 Å². The Bertz CT molecular complexity index is 7850. The van der Waals surface area contributed by atoms with Gasteiger partial charge >= 0.3 is 0 Å². The van der Waals surface area contributed by atoms with Crippen LogP contribution < -0.4 is 15.6 Å². The minimum Gasteiger partial charge on any atom is -0.0654 e. The van der Waals surface area contributed by atoms with Crippen molar-refractivity contribution in [2.45, 2.75) is 30.5 Å². The summed E-state index contributed by atoms with van der Waals surface area (Å²) in [6.45, 7) is 5.33. The van der Waals surface area contributed by atoms with E-state index in [1.54, 1.807) is 168 Å². The third-order valence-corrected chi connectivity index (χ3v) is 31.4. The van der Waals surface area contributed by atoms with E-state index in [0.29, 0.717) is 5.92 Å². The molecule has 1 heteroatoms. The van der Waals surface area contributed by atoms with Crippen LogP contribution in [0.5, 0.6) is 0 Å². The maximum Gasteiger partial charge on any atom is 0.0818 e. The van der Waals surface area contributed by atoms with Crippen molar-refractivity contribution in [3.05, 3.63) is 173 Å². The lowest BCUT2D eigenvalue weighted by atomic mass is 9.58. The molecule has 33 rings (SSSR count). The molecular weight excluding hydrogens is 1100 g/mol. The van der Waals surface area contributed by atoms with E-state index < -0.39 is 8.07 Å². The number of benzene rings is 19. The Morgan fingerprint density at radius 1 is 0.256 bits per heavy atom. The lowest BCUT2D eigenvalue weighted by Crippen LogP contribution is -2.50. The van der Waals surface area contributed by atoms with Crippen LogP contribution in [-0.4, -0.2) is 8.07 Å². The third-order valence-electron chi connectivity index (χ3n) is 28.0. The maximum atomic E-state index is 2.66. The summed E-state index contributed by atoms with van der Waals surface area (Å²) in [6, 6.07) is 57.4. The summed E-state index contributed by atoms with van der Waals surface area (Å²) in [7, 11) is -1.96. The van der Waals surface area contributed by atoms with Gasteiger partial charge in [0.15, 0.2) is 0 Å². The molecule has 0 amide bonds. The molecule has 2 unspecified atom stereocenters. The monoisotopic (exact) mass is 1130 g/mol. The first kappa shape index (κ1) is 40.0. The second kappa shape index (κ2) is 10.9. The van der Waals surface area contributed by atoms with Crippen molar-refractivity contribution in [3.8, 4) is 0 Å². The standard InChI is InChI=1S/C49H24Si.C40H10/c1-50(2,19-6-4-3-5-7-19)18-49-29-17-16-27-26-13-12-23-22-9-8-20-21-10-11-24-25-14-15-28(29)37-36(25)40-33(24)32(21)38-30(20)31(22)39-34(23)35(26)45(47(27)49)44-42(39)41(38)43(40)46(44)48(37)49;1-2-12-14-5-6-16-18-9-10-20-19-8-7-17-15-4-3-13-11(1)21-22(12)32-24(14)26(16)34-29(18)30(20)35-28(19)27(17)33-25(15)23(13)31(21)36-37(32)39(34)40(35)38(33)36/h3-17,47H,18H2,1-2H3;1-10H. The van der Waals surface area contributed by atoms with Crippen LogP contribution >= 0.6 is 0 Å². The van der Waals surface area contributed by atoms with Crippen LogP contribution in [0.25, 0.3) is 291 Å². The molecule has 0 N–H and O–H groups in total. The summed E-state index contributed by atoms with van der Waals surface area (Å²) in [4.78, 5) is 0. The number of allylic oxidation sites excluding steroid dienone is 2. The van der Waals surface area contributed by atoms with Crippen LogP contribution in [-0.2, 0) is 5.41 Å². The zero-order valence-electron chi connectivity index (χ0n) is 48.2. The first-order valence-electron chi connectivity index (χ1n) is 33.1. The molecule has 0 aromatic heterocycles. The lowest BCUT2D eigenvalue weighted by molar-refractivity contribution is 0.567. The van der Waals surface area contributed by atoms with Crippen molar-refractivity contribution < 1.29 is 0 Å². The average Bonchev–Trinajstić information content (AvgIpc) is 1.44. The lowest BCUT2D eigenvalue weighted by Gasteiger charge is -2.49. The molecule has 0 bridgehead atoms. The first-order valence-corrected chi connectivity index (χ1v) is 36.3. The molecule has 4 aliphatic carbocycles. The zero-order chi connectivity index (χ0) is 56.0. The zero-order valence-corrected chi connectivity index (χ0v) is 49.2. The van der Waals surface area contributed by atoms with Crippen LogP contribution in [0.2, 0.25) is 19.1 Å². The van der Waals surface area contributed by atoms with Crippen LogP contribution in [0.3, 0.4) is 0 Å². The molecular formula is C89H34Si.